The van der Waals surface area contributed by atoms with Crippen molar-refractivity contribution in [3.8, 4) is 0 Å². The van der Waals surface area contributed by atoms with Crippen LogP contribution in [0.5, 0.6) is 0 Å². The minimum atomic E-state index is -1.05. The van der Waals surface area contributed by atoms with Crippen molar-refractivity contribution in [2.75, 3.05) is 0 Å². The van der Waals surface area contributed by atoms with Crippen molar-refractivity contribution in [1.29, 1.82) is 0 Å². The number of carbonyl (C=O) groups is 2. The van der Waals surface area contributed by atoms with Gasteiger partial charge in [0, 0.05) is 5.25 Å². The number of carboxylic acid groups (broad SMARTS) is 1. The molecule has 1 fully saturated rings. The zero-order chi connectivity index (χ0) is 10.3. The SMILES string of the molecule is Br.C=CC1C=C(C(=O)O)N2C(=O)C[C@H]2S1. The lowest BCUT2D eigenvalue weighted by atomic mass is 10.1. The number of hydrogen-bond acceptors (Lipinski definition) is 3. The number of amides is 1. The van der Waals surface area contributed by atoms with Gasteiger partial charge in [-0.05, 0) is 6.08 Å². The highest BCUT2D eigenvalue weighted by Gasteiger charge is 2.44. The van der Waals surface area contributed by atoms with E-state index in [-0.39, 0.29) is 39.2 Å². The molecule has 0 radical (unpaired) electrons. The highest BCUT2D eigenvalue weighted by atomic mass is 79.9. The van der Waals surface area contributed by atoms with Crippen molar-refractivity contribution in [1.82, 2.24) is 4.90 Å². The van der Waals surface area contributed by atoms with Gasteiger partial charge in [-0.25, -0.2) is 4.79 Å². The summed E-state index contributed by atoms with van der Waals surface area (Å²) in [4.78, 5) is 23.3. The lowest BCUT2D eigenvalue weighted by Gasteiger charge is -2.43. The second-order valence-corrected chi connectivity index (χ2v) is 4.48. The Hall–Kier alpha value is -0.750. The zero-order valence-electron chi connectivity index (χ0n) is 7.75. The van der Waals surface area contributed by atoms with Crippen LogP contribution in [0.4, 0.5) is 0 Å². The fraction of sp³-hybridized carbons (Fsp3) is 0.333. The Kier molecular flexibility index (Phi) is 3.62. The van der Waals surface area contributed by atoms with Gasteiger partial charge in [0.15, 0.2) is 0 Å². The number of fused-ring (bicyclic) bond motifs is 1. The monoisotopic (exact) mass is 291 g/mol. The fourth-order valence-electron chi connectivity index (χ4n) is 1.54. The summed E-state index contributed by atoms with van der Waals surface area (Å²) in [5.74, 6) is -1.16. The van der Waals surface area contributed by atoms with Crippen LogP contribution in [0.1, 0.15) is 6.42 Å². The first kappa shape index (κ1) is 12.3. The Morgan fingerprint density at radius 2 is 2.40 bits per heavy atom. The van der Waals surface area contributed by atoms with E-state index in [1.165, 1.54) is 4.90 Å². The van der Waals surface area contributed by atoms with Gasteiger partial charge in [0.05, 0.1) is 11.8 Å². The molecule has 1 unspecified atom stereocenters. The summed E-state index contributed by atoms with van der Waals surface area (Å²) in [7, 11) is 0. The Labute approximate surface area is 102 Å². The first-order chi connectivity index (χ1) is 6.63. The molecule has 0 aromatic rings. The Morgan fingerprint density at radius 1 is 1.73 bits per heavy atom. The van der Waals surface area contributed by atoms with Crippen LogP contribution in [-0.4, -0.2) is 32.5 Å². The topological polar surface area (TPSA) is 57.6 Å². The average molecular weight is 292 g/mol. The predicted octanol–water partition coefficient (Wildman–Crippen LogP) is 1.39. The summed E-state index contributed by atoms with van der Waals surface area (Å²) < 4.78 is 0. The van der Waals surface area contributed by atoms with Crippen LogP contribution in [0.3, 0.4) is 0 Å². The third-order valence-electron chi connectivity index (χ3n) is 2.25. The summed E-state index contributed by atoms with van der Waals surface area (Å²) in [6.07, 6.45) is 3.68. The van der Waals surface area contributed by atoms with E-state index in [9.17, 15) is 9.59 Å². The van der Waals surface area contributed by atoms with E-state index in [0.29, 0.717) is 6.42 Å². The molecule has 82 valence electrons. The van der Waals surface area contributed by atoms with E-state index in [0.717, 1.165) is 0 Å². The number of β-lactam (4-membered cyclic amide) rings is 1. The maximum atomic E-state index is 11.2. The van der Waals surface area contributed by atoms with Crippen LogP contribution >= 0.6 is 28.7 Å². The number of aliphatic carboxylic acids is 1. The second-order valence-electron chi connectivity index (χ2n) is 3.12. The fourth-order valence-corrected chi connectivity index (χ4v) is 2.81. The van der Waals surface area contributed by atoms with Crippen LogP contribution in [0.15, 0.2) is 24.4 Å². The molecule has 1 amide bonds. The second kappa shape index (κ2) is 4.40. The summed E-state index contributed by atoms with van der Waals surface area (Å²) in [5.41, 5.74) is 0.0925. The van der Waals surface area contributed by atoms with Crippen LogP contribution in [0, 0.1) is 0 Å². The smallest absolute Gasteiger partial charge is 0.352 e. The minimum Gasteiger partial charge on any atom is -0.477 e. The molecule has 0 bridgehead atoms. The molecule has 6 heteroatoms. The van der Waals surface area contributed by atoms with Gasteiger partial charge in [-0.1, -0.05) is 6.08 Å². The molecular weight excluding hydrogens is 282 g/mol. The Morgan fingerprint density at radius 3 is 2.87 bits per heavy atom. The lowest BCUT2D eigenvalue weighted by Crippen LogP contribution is -2.53. The zero-order valence-corrected chi connectivity index (χ0v) is 10.3. The van der Waals surface area contributed by atoms with Crippen LogP contribution < -0.4 is 0 Å². The number of hydrogen-bond donors (Lipinski definition) is 1. The van der Waals surface area contributed by atoms with E-state index in [1.807, 2.05) is 0 Å². The molecule has 4 nitrogen and oxygen atoms in total. The maximum absolute atomic E-state index is 11.2. The summed E-state index contributed by atoms with van der Waals surface area (Å²) in [6, 6.07) is 0. The van der Waals surface area contributed by atoms with Gasteiger partial charge in [-0.3, -0.25) is 9.69 Å². The third-order valence-corrected chi connectivity index (χ3v) is 3.59. The summed E-state index contributed by atoms with van der Waals surface area (Å²) >= 11 is 1.55. The molecule has 0 spiro atoms. The molecule has 1 saturated heterocycles. The van der Waals surface area contributed by atoms with Gasteiger partial charge < -0.3 is 5.11 Å². The number of carboxylic acids is 1. The number of thioether (sulfide) groups is 1. The largest absolute Gasteiger partial charge is 0.477 e. The average Bonchev–Trinajstić information content (AvgIpc) is 2.14. The van der Waals surface area contributed by atoms with Crippen molar-refractivity contribution < 1.29 is 14.7 Å². The first-order valence-corrected chi connectivity index (χ1v) is 5.13. The maximum Gasteiger partial charge on any atom is 0.352 e. The molecular formula is C9H10BrNO3S. The normalized spacial score (nSPS) is 28.1. The molecule has 0 aromatic heterocycles. The van der Waals surface area contributed by atoms with E-state index in [1.54, 1.807) is 23.9 Å². The number of carbonyl (C=O) groups excluding carboxylic acids is 1. The molecule has 1 N–H and O–H groups in total. The van der Waals surface area contributed by atoms with Crippen molar-refractivity contribution in [3.05, 3.63) is 24.4 Å². The van der Waals surface area contributed by atoms with Gasteiger partial charge in [-0.2, -0.15) is 0 Å². The summed E-state index contributed by atoms with van der Waals surface area (Å²) in [5, 5.41) is 8.87. The quantitative estimate of drug-likeness (QED) is 0.617. The molecule has 2 atom stereocenters. The van der Waals surface area contributed by atoms with Crippen LogP contribution in [-0.2, 0) is 9.59 Å². The highest BCUT2D eigenvalue weighted by Crippen LogP contribution is 2.40. The van der Waals surface area contributed by atoms with Gasteiger partial charge in [0.25, 0.3) is 0 Å². The predicted molar refractivity (Wildman–Crippen MR) is 62.9 cm³/mol. The minimum absolute atomic E-state index is 0. The number of rotatable bonds is 2. The van der Waals surface area contributed by atoms with Crippen LogP contribution in [0.25, 0.3) is 0 Å². The van der Waals surface area contributed by atoms with Crippen molar-refractivity contribution in [2.24, 2.45) is 0 Å². The molecule has 2 heterocycles. The van der Waals surface area contributed by atoms with E-state index < -0.39 is 5.97 Å². The number of nitrogens with zero attached hydrogens (tertiary/aromatic N) is 1. The van der Waals surface area contributed by atoms with E-state index in [2.05, 4.69) is 6.58 Å². The molecule has 2 rings (SSSR count). The standard InChI is InChI=1S/C9H9NO3S.BrH/c1-2-5-3-6(9(12)13)10-7(11)4-8(10)14-5;/h2-3,5,8H,1,4H2,(H,12,13);1H/t5?,8-;/m1./s1. The molecule has 15 heavy (non-hydrogen) atoms. The van der Waals surface area contributed by atoms with Crippen molar-refractivity contribution in [3.63, 3.8) is 0 Å². The van der Waals surface area contributed by atoms with Gasteiger partial charge in [0.1, 0.15) is 5.70 Å². The van der Waals surface area contributed by atoms with Crippen molar-refractivity contribution >= 4 is 40.6 Å². The molecule has 2 aliphatic rings. The van der Waals surface area contributed by atoms with Gasteiger partial charge in [0.2, 0.25) is 5.91 Å². The number of halogens is 1. The Balaban J connectivity index is 0.00000112. The van der Waals surface area contributed by atoms with Gasteiger partial charge in [-0.15, -0.1) is 35.3 Å². The Bertz CT molecular complexity index is 355. The molecule has 0 aliphatic carbocycles. The highest BCUT2D eigenvalue weighted by molar-refractivity contribution is 8.93. The van der Waals surface area contributed by atoms with Crippen LogP contribution in [0.2, 0.25) is 0 Å². The van der Waals surface area contributed by atoms with Crippen molar-refractivity contribution in [2.45, 2.75) is 17.0 Å². The van der Waals surface area contributed by atoms with E-state index in [4.69, 9.17) is 5.11 Å². The van der Waals surface area contributed by atoms with Gasteiger partial charge >= 0.3 is 5.97 Å². The lowest BCUT2D eigenvalue weighted by molar-refractivity contribution is -0.146. The van der Waals surface area contributed by atoms with E-state index >= 15 is 0 Å². The third kappa shape index (κ3) is 1.96. The first-order valence-electron chi connectivity index (χ1n) is 4.18. The molecule has 0 saturated carbocycles. The molecule has 0 aromatic carbocycles. The molecule has 2 aliphatic heterocycles. The summed E-state index contributed by atoms with van der Waals surface area (Å²) in [6.45, 7) is 3.62.